The molecule has 2 heterocycles. The minimum atomic E-state index is -0.358. The molecule has 0 fully saturated rings. The summed E-state index contributed by atoms with van der Waals surface area (Å²) in [5.41, 5.74) is 0.488. The molecule has 2 aromatic rings. The molecule has 108 valence electrons. The third-order valence-corrected chi connectivity index (χ3v) is 3.77. The number of rotatable bonds is 6. The first kappa shape index (κ1) is 15.0. The summed E-state index contributed by atoms with van der Waals surface area (Å²) in [6.45, 7) is 5.00. The number of thiophene rings is 1. The van der Waals surface area contributed by atoms with E-state index in [-0.39, 0.29) is 11.3 Å². The third kappa shape index (κ3) is 3.19. The molecule has 0 unspecified atom stereocenters. The van der Waals surface area contributed by atoms with Crippen molar-refractivity contribution in [1.82, 2.24) is 9.97 Å². The summed E-state index contributed by atoms with van der Waals surface area (Å²) in [5.74, 6) is 0.237. The summed E-state index contributed by atoms with van der Waals surface area (Å²) < 4.78 is 5.06. The molecule has 0 saturated heterocycles. The van der Waals surface area contributed by atoms with Crippen LogP contribution >= 0.6 is 22.9 Å². The number of hydrogen-bond donors (Lipinski definition) is 1. The van der Waals surface area contributed by atoms with E-state index in [1.165, 1.54) is 11.3 Å². The topological polar surface area (TPSA) is 64.1 Å². The molecule has 0 aromatic carbocycles. The second kappa shape index (κ2) is 6.85. The maximum atomic E-state index is 12.0. The van der Waals surface area contributed by atoms with E-state index in [9.17, 15) is 4.79 Å². The number of fused-ring (bicyclic) bond motifs is 1. The Balaban J connectivity index is 2.42. The summed E-state index contributed by atoms with van der Waals surface area (Å²) in [4.78, 5) is 21.0. The molecule has 0 atom stereocenters. The van der Waals surface area contributed by atoms with Crippen LogP contribution in [0.15, 0.2) is 5.38 Å². The van der Waals surface area contributed by atoms with E-state index in [0.717, 1.165) is 19.4 Å². The molecule has 1 N–H and O–H groups in total. The van der Waals surface area contributed by atoms with Gasteiger partial charge in [0.25, 0.3) is 0 Å². The number of hydrogen-bond acceptors (Lipinski definition) is 6. The molecule has 0 aliphatic heterocycles. The number of aromatic nitrogens is 2. The Morgan fingerprint density at radius 3 is 2.95 bits per heavy atom. The molecule has 5 nitrogen and oxygen atoms in total. The zero-order valence-electron chi connectivity index (χ0n) is 11.4. The number of carbonyl (C=O) groups excluding carboxylic acids is 1. The molecule has 0 aliphatic carbocycles. The van der Waals surface area contributed by atoms with Crippen LogP contribution in [0.3, 0.4) is 0 Å². The predicted molar refractivity (Wildman–Crippen MR) is 81.8 cm³/mol. The molecule has 0 saturated carbocycles. The van der Waals surface area contributed by atoms with Gasteiger partial charge >= 0.3 is 5.97 Å². The van der Waals surface area contributed by atoms with Crippen LogP contribution in [0.5, 0.6) is 0 Å². The lowest BCUT2D eigenvalue weighted by Gasteiger charge is -2.08. The Morgan fingerprint density at radius 2 is 2.25 bits per heavy atom. The van der Waals surface area contributed by atoms with Crippen LogP contribution in [0.4, 0.5) is 5.82 Å². The first-order chi connectivity index (χ1) is 9.67. The van der Waals surface area contributed by atoms with Crippen LogP contribution in [0.2, 0.25) is 5.28 Å². The lowest BCUT2D eigenvalue weighted by Crippen LogP contribution is -2.08. The molecule has 20 heavy (non-hydrogen) atoms. The number of anilines is 1. The Hall–Kier alpha value is -1.40. The van der Waals surface area contributed by atoms with Crippen LogP contribution in [0, 0.1) is 0 Å². The number of ether oxygens (including phenoxy) is 1. The van der Waals surface area contributed by atoms with E-state index in [2.05, 4.69) is 22.2 Å². The molecular weight excluding hydrogens is 298 g/mol. The van der Waals surface area contributed by atoms with E-state index < -0.39 is 0 Å². The maximum Gasteiger partial charge on any atom is 0.339 e. The molecule has 0 bridgehead atoms. The van der Waals surface area contributed by atoms with Crippen molar-refractivity contribution in [3.63, 3.8) is 0 Å². The highest BCUT2D eigenvalue weighted by molar-refractivity contribution is 7.17. The van der Waals surface area contributed by atoms with E-state index in [0.29, 0.717) is 28.2 Å². The largest absolute Gasteiger partial charge is 0.462 e. The van der Waals surface area contributed by atoms with Crippen molar-refractivity contribution in [2.75, 3.05) is 18.5 Å². The van der Waals surface area contributed by atoms with Crippen LogP contribution in [-0.2, 0) is 4.74 Å². The summed E-state index contributed by atoms with van der Waals surface area (Å²) in [6.07, 6.45) is 2.09. The Labute approximate surface area is 126 Å². The van der Waals surface area contributed by atoms with Crippen molar-refractivity contribution in [3.05, 3.63) is 16.2 Å². The van der Waals surface area contributed by atoms with Crippen LogP contribution < -0.4 is 5.32 Å². The summed E-state index contributed by atoms with van der Waals surface area (Å²) in [6, 6.07) is 0. The minimum absolute atomic E-state index is 0.175. The fourth-order valence-electron chi connectivity index (χ4n) is 1.79. The lowest BCUT2D eigenvalue weighted by molar-refractivity contribution is 0.0529. The van der Waals surface area contributed by atoms with Crippen LogP contribution in [0.1, 0.15) is 37.0 Å². The van der Waals surface area contributed by atoms with Crippen molar-refractivity contribution in [3.8, 4) is 0 Å². The number of esters is 1. The molecule has 0 amide bonds. The monoisotopic (exact) mass is 313 g/mol. The maximum absolute atomic E-state index is 12.0. The Bertz CT molecular complexity index is 615. The van der Waals surface area contributed by atoms with Crippen LogP contribution in [0.25, 0.3) is 10.2 Å². The quantitative estimate of drug-likeness (QED) is 0.500. The molecule has 2 rings (SSSR count). The van der Waals surface area contributed by atoms with Crippen LogP contribution in [-0.4, -0.2) is 29.1 Å². The van der Waals surface area contributed by atoms with E-state index in [1.54, 1.807) is 12.3 Å². The second-order valence-electron chi connectivity index (χ2n) is 4.17. The van der Waals surface area contributed by atoms with Crippen molar-refractivity contribution in [1.29, 1.82) is 0 Å². The zero-order valence-corrected chi connectivity index (χ0v) is 13.0. The smallest absolute Gasteiger partial charge is 0.339 e. The first-order valence-corrected chi connectivity index (χ1v) is 7.78. The number of halogens is 1. The number of nitrogens with one attached hydrogen (secondary N) is 1. The third-order valence-electron chi connectivity index (χ3n) is 2.72. The van der Waals surface area contributed by atoms with Gasteiger partial charge in [0.05, 0.1) is 17.6 Å². The van der Waals surface area contributed by atoms with Crippen molar-refractivity contribution in [2.24, 2.45) is 0 Å². The summed E-state index contributed by atoms with van der Waals surface area (Å²) >= 11 is 7.27. The van der Waals surface area contributed by atoms with Gasteiger partial charge in [-0.1, -0.05) is 13.3 Å². The number of unbranched alkanes of at least 4 members (excludes halogenated alkanes) is 1. The van der Waals surface area contributed by atoms with Gasteiger partial charge in [-0.25, -0.2) is 14.8 Å². The van der Waals surface area contributed by atoms with Gasteiger partial charge < -0.3 is 10.1 Å². The highest BCUT2D eigenvalue weighted by Crippen LogP contribution is 2.31. The van der Waals surface area contributed by atoms with E-state index in [1.807, 2.05) is 0 Å². The normalized spacial score (nSPS) is 10.8. The Kier molecular flexibility index (Phi) is 5.14. The first-order valence-electron chi connectivity index (χ1n) is 6.53. The SMILES string of the molecule is CCCCNc1nc(Cl)nc2scc(C(=O)OCC)c12. The van der Waals surface area contributed by atoms with Gasteiger partial charge in [0, 0.05) is 11.9 Å². The lowest BCUT2D eigenvalue weighted by atomic mass is 10.2. The molecule has 0 spiro atoms. The average Bonchev–Trinajstić information content (AvgIpc) is 2.83. The molecule has 7 heteroatoms. The molecule has 2 aromatic heterocycles. The van der Waals surface area contributed by atoms with Crippen molar-refractivity contribution in [2.45, 2.75) is 26.7 Å². The molecule has 0 radical (unpaired) electrons. The van der Waals surface area contributed by atoms with Crippen molar-refractivity contribution >= 4 is 44.9 Å². The molecular formula is C13H16ClN3O2S. The van der Waals surface area contributed by atoms with Gasteiger partial charge in [-0.3, -0.25) is 0 Å². The molecule has 0 aliphatic rings. The zero-order chi connectivity index (χ0) is 14.5. The number of carbonyl (C=O) groups is 1. The Morgan fingerprint density at radius 1 is 1.45 bits per heavy atom. The van der Waals surface area contributed by atoms with Gasteiger partial charge in [0.2, 0.25) is 5.28 Å². The fourth-order valence-corrected chi connectivity index (χ4v) is 2.91. The summed E-state index contributed by atoms with van der Waals surface area (Å²) in [5, 5.41) is 5.81. The van der Waals surface area contributed by atoms with Gasteiger partial charge in [-0.05, 0) is 24.9 Å². The second-order valence-corrected chi connectivity index (χ2v) is 5.37. The van der Waals surface area contributed by atoms with E-state index >= 15 is 0 Å². The van der Waals surface area contributed by atoms with Gasteiger partial charge in [0.15, 0.2) is 0 Å². The highest BCUT2D eigenvalue weighted by Gasteiger charge is 2.19. The summed E-state index contributed by atoms with van der Waals surface area (Å²) in [7, 11) is 0. The minimum Gasteiger partial charge on any atom is -0.462 e. The fraction of sp³-hybridized carbons (Fsp3) is 0.462. The van der Waals surface area contributed by atoms with E-state index in [4.69, 9.17) is 16.3 Å². The van der Waals surface area contributed by atoms with Gasteiger partial charge in [0.1, 0.15) is 10.6 Å². The highest BCUT2D eigenvalue weighted by atomic mass is 35.5. The standard InChI is InChI=1S/C13H16ClN3O2S/c1-3-5-6-15-10-9-8(12(18)19-4-2)7-20-11(9)17-13(14)16-10/h7H,3-6H2,1-2H3,(H,15,16,17). The number of nitrogens with zero attached hydrogens (tertiary/aromatic N) is 2. The van der Waals surface area contributed by atoms with Crippen molar-refractivity contribution < 1.29 is 9.53 Å². The average molecular weight is 314 g/mol. The van der Waals surface area contributed by atoms with Gasteiger partial charge in [-0.15, -0.1) is 11.3 Å². The predicted octanol–water partition coefficient (Wildman–Crippen LogP) is 3.73. The van der Waals surface area contributed by atoms with Gasteiger partial charge in [-0.2, -0.15) is 0 Å².